The minimum absolute atomic E-state index is 0.224. The second-order valence-electron chi connectivity index (χ2n) is 9.06. The van der Waals surface area contributed by atoms with Crippen LogP contribution >= 0.6 is 0 Å². The van der Waals surface area contributed by atoms with Gasteiger partial charge in [-0.05, 0) is 58.6 Å². The molecule has 3 aromatic rings. The van der Waals surface area contributed by atoms with Gasteiger partial charge in [0.2, 0.25) is 0 Å². The Bertz CT molecular complexity index is 951. The first-order valence-electron chi connectivity index (χ1n) is 9.93. The Balaban J connectivity index is 1.74. The molecule has 0 fully saturated rings. The highest BCUT2D eigenvalue weighted by molar-refractivity contribution is 5.81. The Morgan fingerprint density at radius 1 is 0.667 bits per heavy atom. The smallest absolute Gasteiger partial charge is 0.0463 e. The van der Waals surface area contributed by atoms with Crippen LogP contribution in [0.3, 0.4) is 0 Å². The van der Waals surface area contributed by atoms with Crippen LogP contribution in [0.1, 0.15) is 51.7 Å². The molecule has 1 aliphatic carbocycles. The zero-order valence-electron chi connectivity index (χ0n) is 16.8. The van der Waals surface area contributed by atoms with Gasteiger partial charge in [-0.25, -0.2) is 0 Å². The number of fused-ring (bicyclic) bond motifs is 1. The van der Waals surface area contributed by atoms with Crippen molar-refractivity contribution in [2.45, 2.75) is 51.4 Å². The highest BCUT2D eigenvalue weighted by atomic mass is 14.9. The monoisotopic (exact) mass is 355 g/mol. The van der Waals surface area contributed by atoms with Gasteiger partial charge < -0.3 is 5.32 Å². The standard InChI is InChI=1S/C26H29N/c1-25(2)16-17-26(3,4)23-18-20(14-15-22(23)25)27-24-13-9-8-12-21(24)19-10-6-5-7-11-19/h5-15,18,27H,16-17H2,1-4H3. The Kier molecular flexibility index (Phi) is 4.34. The fourth-order valence-corrected chi connectivity index (χ4v) is 4.28. The molecule has 0 spiro atoms. The molecule has 1 nitrogen and oxygen atoms in total. The Morgan fingerprint density at radius 3 is 2.04 bits per heavy atom. The predicted octanol–water partition coefficient (Wildman–Crippen LogP) is 7.45. The third-order valence-corrected chi connectivity index (χ3v) is 6.14. The summed E-state index contributed by atoms with van der Waals surface area (Å²) in [6.45, 7) is 9.50. The van der Waals surface area contributed by atoms with Gasteiger partial charge in [-0.15, -0.1) is 0 Å². The van der Waals surface area contributed by atoms with E-state index in [-0.39, 0.29) is 10.8 Å². The third kappa shape index (κ3) is 3.39. The second-order valence-corrected chi connectivity index (χ2v) is 9.06. The average molecular weight is 356 g/mol. The van der Waals surface area contributed by atoms with E-state index in [1.165, 1.54) is 40.8 Å². The number of para-hydroxylation sites is 1. The van der Waals surface area contributed by atoms with E-state index in [4.69, 9.17) is 0 Å². The molecule has 1 N–H and O–H groups in total. The predicted molar refractivity (Wildman–Crippen MR) is 117 cm³/mol. The highest BCUT2D eigenvalue weighted by Crippen LogP contribution is 2.46. The molecule has 0 aromatic heterocycles. The molecule has 3 aromatic carbocycles. The Hall–Kier alpha value is -2.54. The third-order valence-electron chi connectivity index (χ3n) is 6.14. The van der Waals surface area contributed by atoms with Crippen molar-refractivity contribution in [1.29, 1.82) is 0 Å². The zero-order valence-corrected chi connectivity index (χ0v) is 16.8. The molecule has 0 unspecified atom stereocenters. The Labute approximate surface area is 163 Å². The van der Waals surface area contributed by atoms with Crippen LogP contribution in [0, 0.1) is 0 Å². The highest BCUT2D eigenvalue weighted by Gasteiger charge is 2.36. The van der Waals surface area contributed by atoms with E-state index in [0.717, 1.165) is 5.69 Å². The second kappa shape index (κ2) is 6.56. The van der Waals surface area contributed by atoms with E-state index in [1.54, 1.807) is 0 Å². The van der Waals surface area contributed by atoms with Gasteiger partial charge in [0, 0.05) is 16.9 Å². The summed E-state index contributed by atoms with van der Waals surface area (Å²) in [5, 5.41) is 3.69. The maximum Gasteiger partial charge on any atom is 0.0463 e. The molecule has 0 atom stereocenters. The average Bonchev–Trinajstić information content (AvgIpc) is 2.67. The number of benzene rings is 3. The summed E-state index contributed by atoms with van der Waals surface area (Å²) in [5.74, 6) is 0. The molecule has 0 aliphatic heterocycles. The molecule has 0 amide bonds. The van der Waals surface area contributed by atoms with E-state index >= 15 is 0 Å². The molecule has 0 saturated carbocycles. The van der Waals surface area contributed by atoms with Gasteiger partial charge >= 0.3 is 0 Å². The number of hydrogen-bond donors (Lipinski definition) is 1. The lowest BCUT2D eigenvalue weighted by Gasteiger charge is -2.42. The summed E-state index contributed by atoms with van der Waals surface area (Å²) in [5.41, 5.74) is 8.25. The summed E-state index contributed by atoms with van der Waals surface area (Å²) in [7, 11) is 0. The summed E-state index contributed by atoms with van der Waals surface area (Å²) in [6, 6.07) is 26.1. The summed E-state index contributed by atoms with van der Waals surface area (Å²) in [4.78, 5) is 0. The molecule has 27 heavy (non-hydrogen) atoms. The minimum Gasteiger partial charge on any atom is -0.355 e. The molecule has 0 heterocycles. The first-order valence-corrected chi connectivity index (χ1v) is 9.93. The molecule has 4 rings (SSSR count). The van der Waals surface area contributed by atoms with Crippen LogP contribution in [0.15, 0.2) is 72.8 Å². The fourth-order valence-electron chi connectivity index (χ4n) is 4.28. The van der Waals surface area contributed by atoms with E-state index in [9.17, 15) is 0 Å². The normalized spacial score (nSPS) is 17.2. The first-order chi connectivity index (χ1) is 12.9. The zero-order chi connectivity index (χ0) is 19.1. The van der Waals surface area contributed by atoms with E-state index < -0.39 is 0 Å². The molecular weight excluding hydrogens is 326 g/mol. The number of rotatable bonds is 3. The van der Waals surface area contributed by atoms with Crippen molar-refractivity contribution < 1.29 is 0 Å². The summed E-state index contributed by atoms with van der Waals surface area (Å²) in [6.07, 6.45) is 2.48. The van der Waals surface area contributed by atoms with Crippen molar-refractivity contribution >= 4 is 11.4 Å². The van der Waals surface area contributed by atoms with Crippen LogP contribution in [-0.2, 0) is 10.8 Å². The topological polar surface area (TPSA) is 12.0 Å². The van der Waals surface area contributed by atoms with Crippen molar-refractivity contribution in [1.82, 2.24) is 0 Å². The lowest BCUT2D eigenvalue weighted by Crippen LogP contribution is -2.33. The Morgan fingerprint density at radius 2 is 1.30 bits per heavy atom. The summed E-state index contributed by atoms with van der Waals surface area (Å²) >= 11 is 0. The number of nitrogens with one attached hydrogen (secondary N) is 1. The van der Waals surface area contributed by atoms with Crippen LogP contribution in [0.4, 0.5) is 11.4 Å². The largest absolute Gasteiger partial charge is 0.355 e. The van der Waals surface area contributed by atoms with Crippen LogP contribution < -0.4 is 5.32 Å². The van der Waals surface area contributed by atoms with Crippen molar-refractivity contribution in [2.75, 3.05) is 5.32 Å². The van der Waals surface area contributed by atoms with Gasteiger partial charge in [-0.2, -0.15) is 0 Å². The molecule has 138 valence electrons. The molecule has 1 aliphatic rings. The van der Waals surface area contributed by atoms with E-state index in [2.05, 4.69) is 106 Å². The lowest BCUT2D eigenvalue weighted by molar-refractivity contribution is 0.332. The van der Waals surface area contributed by atoms with Crippen LogP contribution in [-0.4, -0.2) is 0 Å². The van der Waals surface area contributed by atoms with Gasteiger partial charge in [0.15, 0.2) is 0 Å². The molecule has 0 bridgehead atoms. The maximum atomic E-state index is 3.69. The van der Waals surface area contributed by atoms with Crippen molar-refractivity contribution in [3.8, 4) is 11.1 Å². The molecule has 0 radical (unpaired) electrons. The van der Waals surface area contributed by atoms with Crippen molar-refractivity contribution in [3.05, 3.63) is 83.9 Å². The molecule has 0 saturated heterocycles. The quantitative estimate of drug-likeness (QED) is 0.514. The molecule has 1 heteroatoms. The van der Waals surface area contributed by atoms with Gasteiger partial charge in [-0.3, -0.25) is 0 Å². The van der Waals surface area contributed by atoms with Gasteiger partial charge in [0.1, 0.15) is 0 Å². The summed E-state index contributed by atoms with van der Waals surface area (Å²) < 4.78 is 0. The van der Waals surface area contributed by atoms with Crippen molar-refractivity contribution in [2.24, 2.45) is 0 Å². The van der Waals surface area contributed by atoms with Gasteiger partial charge in [-0.1, -0.05) is 82.3 Å². The van der Waals surface area contributed by atoms with Gasteiger partial charge in [0.05, 0.1) is 0 Å². The van der Waals surface area contributed by atoms with Gasteiger partial charge in [0.25, 0.3) is 0 Å². The van der Waals surface area contributed by atoms with Crippen molar-refractivity contribution in [3.63, 3.8) is 0 Å². The van der Waals surface area contributed by atoms with Crippen LogP contribution in [0.2, 0.25) is 0 Å². The fraction of sp³-hybridized carbons (Fsp3) is 0.308. The number of anilines is 2. The maximum absolute atomic E-state index is 3.69. The lowest BCUT2D eigenvalue weighted by atomic mass is 9.63. The first kappa shape index (κ1) is 17.9. The van der Waals surface area contributed by atoms with E-state index in [0.29, 0.717) is 0 Å². The minimum atomic E-state index is 0.224. The molecular formula is C26H29N. The van der Waals surface area contributed by atoms with Crippen LogP contribution in [0.5, 0.6) is 0 Å². The van der Waals surface area contributed by atoms with Crippen LogP contribution in [0.25, 0.3) is 11.1 Å². The SMILES string of the molecule is CC1(C)CCC(C)(C)c2cc(Nc3ccccc3-c3ccccc3)ccc21. The number of hydrogen-bond acceptors (Lipinski definition) is 1. The van der Waals surface area contributed by atoms with E-state index in [1.807, 2.05) is 0 Å².